The third-order valence-electron chi connectivity index (χ3n) is 6.08. The van der Waals surface area contributed by atoms with Crippen LogP contribution in [0.5, 0.6) is 0 Å². The van der Waals surface area contributed by atoms with Crippen molar-refractivity contribution in [2.24, 2.45) is 5.92 Å². The lowest BCUT2D eigenvalue weighted by Gasteiger charge is -2.31. The second-order valence-electron chi connectivity index (χ2n) is 8.01. The molecule has 6 nitrogen and oxygen atoms in total. The predicted octanol–water partition coefficient (Wildman–Crippen LogP) is 3.44. The minimum Gasteiger partial charge on any atom is -0.358 e. The van der Waals surface area contributed by atoms with Crippen LogP contribution < -0.4 is 16.1 Å². The number of imide groups is 1. The highest BCUT2D eigenvalue weighted by molar-refractivity contribution is 7.80. The molecule has 4 rings (SSSR count). The first-order valence-corrected chi connectivity index (χ1v) is 10.8. The summed E-state index contributed by atoms with van der Waals surface area (Å²) < 4.78 is 0. The van der Waals surface area contributed by atoms with Crippen LogP contribution in [0.3, 0.4) is 0 Å². The van der Waals surface area contributed by atoms with Crippen LogP contribution in [0.25, 0.3) is 0 Å². The highest BCUT2D eigenvalue weighted by atomic mass is 32.1. The summed E-state index contributed by atoms with van der Waals surface area (Å²) in [5.41, 5.74) is 2.91. The van der Waals surface area contributed by atoms with Crippen LogP contribution in [0.1, 0.15) is 43.7 Å². The number of carbonyl (C=O) groups is 2. The first-order chi connectivity index (χ1) is 14.5. The Kier molecular flexibility index (Phi) is 5.72. The number of hydrogen-bond donors (Lipinski definition) is 3. The van der Waals surface area contributed by atoms with Crippen LogP contribution in [0, 0.1) is 5.92 Å². The van der Waals surface area contributed by atoms with Crippen molar-refractivity contribution in [1.82, 2.24) is 21.1 Å². The van der Waals surface area contributed by atoms with Gasteiger partial charge in [-0.1, -0.05) is 80.4 Å². The molecule has 2 aromatic carbocycles. The van der Waals surface area contributed by atoms with E-state index in [4.69, 9.17) is 12.2 Å². The molecular weight excluding hydrogens is 396 g/mol. The molecule has 3 amide bonds. The van der Waals surface area contributed by atoms with E-state index >= 15 is 0 Å². The Bertz CT molecular complexity index is 895. The van der Waals surface area contributed by atoms with E-state index in [1.807, 2.05) is 60.7 Å². The van der Waals surface area contributed by atoms with E-state index in [0.29, 0.717) is 17.0 Å². The van der Waals surface area contributed by atoms with Crippen molar-refractivity contribution in [2.75, 3.05) is 0 Å². The second kappa shape index (κ2) is 8.44. The van der Waals surface area contributed by atoms with E-state index in [0.717, 1.165) is 24.3 Å². The van der Waals surface area contributed by atoms with Crippen LogP contribution >= 0.6 is 12.2 Å². The summed E-state index contributed by atoms with van der Waals surface area (Å²) in [4.78, 5) is 26.5. The Morgan fingerprint density at radius 3 is 2.13 bits per heavy atom. The maximum Gasteiger partial charge on any atom is 0.344 e. The highest BCUT2D eigenvalue weighted by Crippen LogP contribution is 2.35. The topological polar surface area (TPSA) is 73.5 Å². The zero-order chi connectivity index (χ0) is 21.1. The quantitative estimate of drug-likeness (QED) is 0.520. The highest BCUT2D eigenvalue weighted by Gasteiger charge is 2.54. The number of hydrogen-bond acceptors (Lipinski definition) is 3. The van der Waals surface area contributed by atoms with Gasteiger partial charge in [0.2, 0.25) is 0 Å². The molecule has 0 bridgehead atoms. The standard InChI is InChI=1S/C23H26N4O2S/c1-16-10-8-9-15-19(16)24-21(30)26-27-20(28)23(25-22(27)29,17-11-4-2-5-12-17)18-13-6-3-7-14-18/h2-7,11-14,16,19H,8-10,15H2,1H3,(H,25,29)(H2,24,26,30)/t16-,19-/m1/s1. The average molecular weight is 423 g/mol. The fraction of sp³-hybridized carbons (Fsp3) is 0.348. The summed E-state index contributed by atoms with van der Waals surface area (Å²) in [6, 6.07) is 18.2. The Morgan fingerprint density at radius 1 is 1.00 bits per heavy atom. The van der Waals surface area contributed by atoms with Gasteiger partial charge in [0.05, 0.1) is 0 Å². The van der Waals surface area contributed by atoms with Crippen LogP contribution in [0.4, 0.5) is 4.79 Å². The largest absolute Gasteiger partial charge is 0.358 e. The molecule has 3 N–H and O–H groups in total. The Morgan fingerprint density at radius 2 is 1.57 bits per heavy atom. The second-order valence-corrected chi connectivity index (χ2v) is 8.41. The number of carbonyl (C=O) groups excluding carboxylic acids is 2. The number of nitrogens with zero attached hydrogens (tertiary/aromatic N) is 1. The van der Waals surface area contributed by atoms with Crippen molar-refractivity contribution in [1.29, 1.82) is 0 Å². The molecule has 156 valence electrons. The van der Waals surface area contributed by atoms with Gasteiger partial charge in [-0.2, -0.15) is 5.01 Å². The summed E-state index contributed by atoms with van der Waals surface area (Å²) in [6.45, 7) is 2.20. The monoisotopic (exact) mass is 422 g/mol. The van der Waals surface area contributed by atoms with Crippen LogP contribution in [-0.4, -0.2) is 28.1 Å². The van der Waals surface area contributed by atoms with E-state index in [1.165, 1.54) is 6.42 Å². The summed E-state index contributed by atoms with van der Waals surface area (Å²) in [6.07, 6.45) is 4.55. The Balaban J connectivity index is 1.60. The van der Waals surface area contributed by atoms with E-state index in [-0.39, 0.29) is 11.2 Å². The van der Waals surface area contributed by atoms with Crippen LogP contribution in [0.15, 0.2) is 60.7 Å². The minimum absolute atomic E-state index is 0.243. The Labute approximate surface area is 182 Å². The summed E-state index contributed by atoms with van der Waals surface area (Å²) >= 11 is 5.44. The van der Waals surface area contributed by atoms with Gasteiger partial charge < -0.3 is 10.6 Å². The number of hydrazine groups is 1. The smallest absolute Gasteiger partial charge is 0.344 e. The summed E-state index contributed by atoms with van der Waals surface area (Å²) in [5.74, 6) is 0.0834. The normalized spacial score (nSPS) is 23.0. The third-order valence-corrected chi connectivity index (χ3v) is 6.29. The minimum atomic E-state index is -1.31. The molecule has 1 saturated heterocycles. The molecule has 2 aromatic rings. The molecular formula is C23H26N4O2S. The number of benzene rings is 2. The lowest BCUT2D eigenvalue weighted by atomic mass is 9.83. The molecule has 7 heteroatoms. The first-order valence-electron chi connectivity index (χ1n) is 10.4. The Hall–Kier alpha value is -2.93. The number of nitrogens with one attached hydrogen (secondary N) is 3. The molecule has 1 heterocycles. The van der Waals surface area contributed by atoms with Gasteiger partial charge in [-0.05, 0) is 42.1 Å². The molecule has 1 aliphatic carbocycles. The van der Waals surface area contributed by atoms with Crippen molar-refractivity contribution in [3.8, 4) is 0 Å². The van der Waals surface area contributed by atoms with E-state index < -0.39 is 17.5 Å². The van der Waals surface area contributed by atoms with Gasteiger partial charge in [-0.15, -0.1) is 0 Å². The van der Waals surface area contributed by atoms with E-state index in [1.54, 1.807) is 0 Å². The van der Waals surface area contributed by atoms with Gasteiger partial charge in [0.1, 0.15) is 0 Å². The first kappa shape index (κ1) is 20.3. The average Bonchev–Trinajstić information content (AvgIpc) is 3.02. The lowest BCUT2D eigenvalue weighted by molar-refractivity contribution is -0.131. The number of amides is 3. The van der Waals surface area contributed by atoms with Crippen molar-refractivity contribution >= 4 is 29.3 Å². The molecule has 2 atom stereocenters. The fourth-order valence-electron chi connectivity index (χ4n) is 4.40. The molecule has 2 fully saturated rings. The molecule has 0 spiro atoms. The maximum absolute atomic E-state index is 13.6. The van der Waals surface area contributed by atoms with Crippen molar-refractivity contribution in [3.63, 3.8) is 0 Å². The van der Waals surface area contributed by atoms with Gasteiger partial charge in [0, 0.05) is 6.04 Å². The van der Waals surface area contributed by atoms with Crippen LogP contribution in [0.2, 0.25) is 0 Å². The van der Waals surface area contributed by atoms with Crippen LogP contribution in [-0.2, 0) is 10.3 Å². The molecule has 0 unspecified atom stereocenters. The fourth-order valence-corrected chi connectivity index (χ4v) is 4.64. The SMILES string of the molecule is C[C@@H]1CCCC[C@H]1NC(=S)NN1C(=O)NC(c2ccccc2)(c2ccccc2)C1=O. The molecule has 0 radical (unpaired) electrons. The summed E-state index contributed by atoms with van der Waals surface area (Å²) in [7, 11) is 0. The van der Waals surface area contributed by atoms with E-state index in [2.05, 4.69) is 23.0 Å². The molecule has 30 heavy (non-hydrogen) atoms. The van der Waals surface area contributed by atoms with Crippen molar-refractivity contribution < 1.29 is 9.59 Å². The summed E-state index contributed by atoms with van der Waals surface area (Å²) in [5, 5.41) is 7.47. The van der Waals surface area contributed by atoms with Crippen molar-refractivity contribution in [3.05, 3.63) is 71.8 Å². The molecule has 1 aliphatic heterocycles. The molecule has 1 saturated carbocycles. The number of urea groups is 1. The van der Waals surface area contributed by atoms with Gasteiger partial charge in [0.25, 0.3) is 5.91 Å². The van der Waals surface area contributed by atoms with Gasteiger partial charge in [-0.25, -0.2) is 4.79 Å². The van der Waals surface area contributed by atoms with Gasteiger partial charge >= 0.3 is 6.03 Å². The van der Waals surface area contributed by atoms with E-state index in [9.17, 15) is 9.59 Å². The third kappa shape index (κ3) is 3.65. The van der Waals surface area contributed by atoms with Gasteiger partial charge in [0.15, 0.2) is 10.7 Å². The van der Waals surface area contributed by atoms with Crippen molar-refractivity contribution in [2.45, 2.75) is 44.2 Å². The maximum atomic E-state index is 13.6. The predicted molar refractivity (Wildman–Crippen MR) is 119 cm³/mol. The zero-order valence-electron chi connectivity index (χ0n) is 16.9. The lowest BCUT2D eigenvalue weighted by Crippen LogP contribution is -2.54. The zero-order valence-corrected chi connectivity index (χ0v) is 17.7. The molecule has 2 aliphatic rings. The van der Waals surface area contributed by atoms with Gasteiger partial charge in [-0.3, -0.25) is 10.2 Å². The number of thiocarbonyl (C=S) groups is 1. The number of rotatable bonds is 4. The molecule has 0 aromatic heterocycles.